The van der Waals surface area contributed by atoms with Crippen molar-refractivity contribution in [1.29, 1.82) is 0 Å². The predicted molar refractivity (Wildman–Crippen MR) is 102 cm³/mol. The first-order valence-electron chi connectivity index (χ1n) is 9.30. The molecule has 1 aromatic heterocycles. The van der Waals surface area contributed by atoms with Gasteiger partial charge in [0.15, 0.2) is 0 Å². The lowest BCUT2D eigenvalue weighted by molar-refractivity contribution is -0.157. The number of carbonyl (C=O) groups excluding carboxylic acids is 3. The van der Waals surface area contributed by atoms with E-state index in [2.05, 4.69) is 9.88 Å². The third-order valence-electron chi connectivity index (χ3n) is 6.00. The van der Waals surface area contributed by atoms with Gasteiger partial charge >= 0.3 is 5.97 Å². The van der Waals surface area contributed by atoms with Gasteiger partial charge in [-0.2, -0.15) is 0 Å². The molecule has 1 aromatic carbocycles. The number of esters is 1. The second-order valence-electron chi connectivity index (χ2n) is 7.89. The number of hydrogen-bond donors (Lipinski definition) is 2. The standard InChI is InChI=1S/C20H24N4O4/c1-20(2)23-10-14-12(11-6-4-5-7-13(11)22-14)8-15(23)18(26)24(20)16(9-17(21)25)19(27)28-3/h4-7,15-16,22H,8-10H2,1-3H3,(H2,21,25)/t15-,16-/m0/s1. The van der Waals surface area contributed by atoms with E-state index in [1.54, 1.807) is 0 Å². The number of benzene rings is 1. The Balaban J connectivity index is 1.74. The van der Waals surface area contributed by atoms with Crippen LogP contribution in [-0.4, -0.2) is 57.4 Å². The number of carbonyl (C=O) groups is 3. The number of nitrogens with one attached hydrogen (secondary N) is 1. The van der Waals surface area contributed by atoms with Gasteiger partial charge in [0, 0.05) is 23.1 Å². The Morgan fingerprint density at radius 3 is 2.75 bits per heavy atom. The molecule has 0 saturated carbocycles. The van der Waals surface area contributed by atoms with Crippen LogP contribution in [0, 0.1) is 0 Å². The number of methoxy groups -OCH3 is 1. The number of hydrogen-bond acceptors (Lipinski definition) is 5. The first-order chi connectivity index (χ1) is 13.3. The van der Waals surface area contributed by atoms with Crippen molar-refractivity contribution >= 4 is 28.7 Å². The molecular formula is C20H24N4O4. The highest BCUT2D eigenvalue weighted by molar-refractivity contribution is 5.94. The number of fused-ring (bicyclic) bond motifs is 4. The smallest absolute Gasteiger partial charge is 0.329 e. The van der Waals surface area contributed by atoms with Crippen molar-refractivity contribution in [3.05, 3.63) is 35.5 Å². The van der Waals surface area contributed by atoms with Crippen LogP contribution in [0.3, 0.4) is 0 Å². The summed E-state index contributed by atoms with van der Waals surface area (Å²) >= 11 is 0. The minimum absolute atomic E-state index is 0.183. The molecule has 3 heterocycles. The van der Waals surface area contributed by atoms with Crippen molar-refractivity contribution in [3.8, 4) is 0 Å². The third-order valence-corrected chi connectivity index (χ3v) is 6.00. The van der Waals surface area contributed by atoms with Crippen LogP contribution in [0.1, 0.15) is 31.5 Å². The number of nitrogens with two attached hydrogens (primary N) is 1. The van der Waals surface area contributed by atoms with Gasteiger partial charge in [0.05, 0.1) is 25.2 Å². The van der Waals surface area contributed by atoms with E-state index in [0.29, 0.717) is 13.0 Å². The summed E-state index contributed by atoms with van der Waals surface area (Å²) in [5.41, 5.74) is 7.83. The molecule has 0 aliphatic carbocycles. The summed E-state index contributed by atoms with van der Waals surface area (Å²) in [7, 11) is 1.24. The monoisotopic (exact) mass is 384 g/mol. The van der Waals surface area contributed by atoms with E-state index in [4.69, 9.17) is 10.5 Å². The minimum atomic E-state index is -1.04. The number of amides is 2. The van der Waals surface area contributed by atoms with Gasteiger partial charge in [0.2, 0.25) is 11.8 Å². The van der Waals surface area contributed by atoms with Crippen LogP contribution in [0.15, 0.2) is 24.3 Å². The molecule has 1 saturated heterocycles. The number of aromatic amines is 1. The lowest BCUT2D eigenvalue weighted by atomic mass is 9.96. The molecule has 8 nitrogen and oxygen atoms in total. The lowest BCUT2D eigenvalue weighted by Gasteiger charge is -2.42. The average molecular weight is 384 g/mol. The molecule has 1 fully saturated rings. The van der Waals surface area contributed by atoms with Gasteiger partial charge < -0.3 is 20.4 Å². The highest BCUT2D eigenvalue weighted by Gasteiger charge is 2.56. The predicted octanol–water partition coefficient (Wildman–Crippen LogP) is 0.890. The van der Waals surface area contributed by atoms with Gasteiger partial charge in [0.25, 0.3) is 0 Å². The van der Waals surface area contributed by atoms with Crippen LogP contribution in [0.25, 0.3) is 10.9 Å². The Hall–Kier alpha value is -2.87. The number of aromatic nitrogens is 1. The van der Waals surface area contributed by atoms with Crippen LogP contribution in [0.2, 0.25) is 0 Å². The van der Waals surface area contributed by atoms with Gasteiger partial charge in [-0.1, -0.05) is 18.2 Å². The molecule has 3 N–H and O–H groups in total. The van der Waals surface area contributed by atoms with E-state index in [1.165, 1.54) is 12.0 Å². The average Bonchev–Trinajstić information content (AvgIpc) is 3.11. The number of para-hydroxylation sites is 1. The summed E-state index contributed by atoms with van der Waals surface area (Å²) in [6.45, 7) is 4.32. The highest BCUT2D eigenvalue weighted by Crippen LogP contribution is 2.41. The molecule has 8 heteroatoms. The van der Waals surface area contributed by atoms with Crippen molar-refractivity contribution < 1.29 is 19.1 Å². The normalized spacial score (nSPS) is 22.0. The summed E-state index contributed by atoms with van der Waals surface area (Å²) < 4.78 is 4.86. The fourth-order valence-electron chi connectivity index (χ4n) is 4.71. The van der Waals surface area contributed by atoms with E-state index < -0.39 is 29.6 Å². The molecule has 0 radical (unpaired) electrons. The maximum Gasteiger partial charge on any atom is 0.329 e. The largest absolute Gasteiger partial charge is 0.467 e. The Bertz CT molecular complexity index is 980. The van der Waals surface area contributed by atoms with Crippen LogP contribution < -0.4 is 5.73 Å². The Morgan fingerprint density at radius 1 is 1.36 bits per heavy atom. The van der Waals surface area contributed by atoms with Crippen LogP contribution in [0.4, 0.5) is 0 Å². The second kappa shape index (κ2) is 6.34. The van der Waals surface area contributed by atoms with Crippen molar-refractivity contribution in [2.24, 2.45) is 5.73 Å². The highest BCUT2D eigenvalue weighted by atomic mass is 16.5. The number of H-pyrrole nitrogens is 1. The maximum absolute atomic E-state index is 13.4. The van der Waals surface area contributed by atoms with Gasteiger partial charge in [-0.3, -0.25) is 14.5 Å². The molecule has 148 valence electrons. The van der Waals surface area contributed by atoms with Crippen molar-refractivity contribution in [1.82, 2.24) is 14.8 Å². The molecule has 0 spiro atoms. The summed E-state index contributed by atoms with van der Waals surface area (Å²) in [6, 6.07) is 6.60. The SMILES string of the molecule is COC(=O)[C@H](CC(N)=O)N1C(=O)[C@@H]2Cc3c([nH]c4ccccc34)CN2C1(C)C. The molecule has 2 aromatic rings. The minimum Gasteiger partial charge on any atom is -0.467 e. The zero-order chi connectivity index (χ0) is 20.2. The quantitative estimate of drug-likeness (QED) is 0.761. The van der Waals surface area contributed by atoms with Gasteiger partial charge in [-0.15, -0.1) is 0 Å². The Kier molecular flexibility index (Phi) is 4.19. The Labute approximate surface area is 162 Å². The molecule has 0 bridgehead atoms. The zero-order valence-electron chi connectivity index (χ0n) is 16.2. The van der Waals surface area contributed by atoms with Crippen LogP contribution >= 0.6 is 0 Å². The molecular weight excluding hydrogens is 360 g/mol. The van der Waals surface area contributed by atoms with E-state index in [1.807, 2.05) is 38.1 Å². The van der Waals surface area contributed by atoms with Gasteiger partial charge in [0.1, 0.15) is 6.04 Å². The van der Waals surface area contributed by atoms with Crippen molar-refractivity contribution in [2.75, 3.05) is 7.11 Å². The molecule has 2 amide bonds. The number of primary amides is 1. The molecule has 2 aliphatic heterocycles. The number of rotatable bonds is 4. The maximum atomic E-state index is 13.4. The van der Waals surface area contributed by atoms with Gasteiger partial charge in [-0.05, 0) is 31.9 Å². The lowest BCUT2D eigenvalue weighted by Crippen LogP contribution is -2.57. The van der Waals surface area contributed by atoms with Gasteiger partial charge in [-0.25, -0.2) is 4.79 Å². The van der Waals surface area contributed by atoms with E-state index >= 15 is 0 Å². The first kappa shape index (κ1) is 18.5. The van der Waals surface area contributed by atoms with Crippen LogP contribution in [0.5, 0.6) is 0 Å². The summed E-state index contributed by atoms with van der Waals surface area (Å²) in [5, 5.41) is 1.11. The molecule has 2 atom stereocenters. The summed E-state index contributed by atoms with van der Waals surface area (Å²) in [6.07, 6.45) is 0.277. The first-order valence-corrected chi connectivity index (χ1v) is 9.30. The van der Waals surface area contributed by atoms with E-state index in [0.717, 1.165) is 22.2 Å². The molecule has 4 rings (SSSR count). The van der Waals surface area contributed by atoms with Crippen molar-refractivity contribution in [2.45, 2.75) is 51.0 Å². The molecule has 28 heavy (non-hydrogen) atoms. The van der Waals surface area contributed by atoms with E-state index in [-0.39, 0.29) is 12.3 Å². The summed E-state index contributed by atoms with van der Waals surface area (Å²) in [5.74, 6) is -1.47. The number of nitrogens with zero attached hydrogens (tertiary/aromatic N) is 2. The Morgan fingerprint density at radius 2 is 2.07 bits per heavy atom. The summed E-state index contributed by atoms with van der Waals surface area (Å²) in [4.78, 5) is 44.3. The van der Waals surface area contributed by atoms with Crippen LogP contribution in [-0.2, 0) is 32.1 Å². The fraction of sp³-hybridized carbons (Fsp3) is 0.450. The van der Waals surface area contributed by atoms with E-state index in [9.17, 15) is 14.4 Å². The fourth-order valence-corrected chi connectivity index (χ4v) is 4.71. The topological polar surface area (TPSA) is 109 Å². The third kappa shape index (κ3) is 2.59. The molecule has 2 aliphatic rings. The number of ether oxygens (including phenoxy) is 1. The molecule has 0 unspecified atom stereocenters. The zero-order valence-corrected chi connectivity index (χ0v) is 16.2. The second-order valence-corrected chi connectivity index (χ2v) is 7.89. The van der Waals surface area contributed by atoms with Crippen molar-refractivity contribution in [3.63, 3.8) is 0 Å².